The molecular weight excluding hydrogens is 174 g/mol. The quantitative estimate of drug-likeness (QED) is 0.751. The van der Waals surface area contributed by atoms with E-state index in [2.05, 4.69) is 6.92 Å². The second kappa shape index (κ2) is 3.34. The van der Waals surface area contributed by atoms with Crippen LogP contribution in [0.4, 0.5) is 0 Å². The van der Waals surface area contributed by atoms with Crippen LogP contribution >= 0.6 is 0 Å². The highest BCUT2D eigenvalue weighted by Crippen LogP contribution is 2.43. The van der Waals surface area contributed by atoms with Gasteiger partial charge in [-0.15, -0.1) is 0 Å². The zero-order valence-corrected chi connectivity index (χ0v) is 9.14. The maximum atomic E-state index is 12.0. The Morgan fingerprint density at radius 3 is 2.14 bits per heavy atom. The van der Waals surface area contributed by atoms with Crippen molar-refractivity contribution in [2.45, 2.75) is 63.8 Å². The fraction of sp³-hybridized carbons (Fsp3) is 0.917. The van der Waals surface area contributed by atoms with Gasteiger partial charge in [-0.2, -0.15) is 0 Å². The van der Waals surface area contributed by atoms with Crippen molar-refractivity contribution >= 4 is 5.78 Å². The molecule has 0 heterocycles. The maximum absolute atomic E-state index is 12.0. The number of nitrogens with two attached hydrogens (primary N) is 1. The second-order valence-electron chi connectivity index (χ2n) is 5.63. The maximum Gasteiger partial charge on any atom is 0.153 e. The molecule has 2 heteroatoms. The molecule has 0 aliphatic heterocycles. The summed E-state index contributed by atoms with van der Waals surface area (Å²) in [5.74, 6) is 0.327. The molecule has 80 valence electrons. The molecule has 0 aromatic rings. The molecule has 0 unspecified atom stereocenters. The third-order valence-electron chi connectivity index (χ3n) is 4.20. The third kappa shape index (κ3) is 1.72. The van der Waals surface area contributed by atoms with E-state index in [0.717, 1.165) is 25.7 Å². The minimum absolute atomic E-state index is 0.277. The van der Waals surface area contributed by atoms with E-state index in [9.17, 15) is 4.79 Å². The van der Waals surface area contributed by atoms with Crippen molar-refractivity contribution in [1.82, 2.24) is 0 Å². The van der Waals surface area contributed by atoms with E-state index in [1.165, 1.54) is 25.7 Å². The van der Waals surface area contributed by atoms with Crippen LogP contribution in [0.3, 0.4) is 0 Å². The highest BCUT2D eigenvalue weighted by atomic mass is 16.1. The van der Waals surface area contributed by atoms with Crippen LogP contribution in [-0.4, -0.2) is 11.3 Å². The first-order valence-electron chi connectivity index (χ1n) is 5.86. The molecule has 0 radical (unpaired) electrons. The van der Waals surface area contributed by atoms with Gasteiger partial charge in [0.05, 0.1) is 5.54 Å². The average molecular weight is 195 g/mol. The Morgan fingerprint density at radius 1 is 1.14 bits per heavy atom. The van der Waals surface area contributed by atoms with Gasteiger partial charge in [0.2, 0.25) is 0 Å². The van der Waals surface area contributed by atoms with Crippen LogP contribution in [0.1, 0.15) is 58.3 Å². The lowest BCUT2D eigenvalue weighted by atomic mass is 9.69. The second-order valence-corrected chi connectivity index (χ2v) is 5.63. The molecular formula is C12H21NO. The lowest BCUT2D eigenvalue weighted by Crippen LogP contribution is -2.54. The number of rotatable bonds is 3. The van der Waals surface area contributed by atoms with E-state index in [1.807, 2.05) is 0 Å². The monoisotopic (exact) mass is 195 g/mol. The summed E-state index contributed by atoms with van der Waals surface area (Å²) in [6, 6.07) is 0. The van der Waals surface area contributed by atoms with Crippen molar-refractivity contribution in [3.8, 4) is 0 Å². The Kier molecular flexibility index (Phi) is 2.42. The molecule has 0 amide bonds. The number of carbonyl (C=O) groups excluding carboxylic acids is 1. The molecule has 2 aliphatic carbocycles. The SMILES string of the molecule is CC1(CC(=O)C2(N)CCC2)CCCC1. The van der Waals surface area contributed by atoms with Gasteiger partial charge in [-0.25, -0.2) is 0 Å². The fourth-order valence-electron chi connectivity index (χ4n) is 2.81. The van der Waals surface area contributed by atoms with Gasteiger partial charge in [0.25, 0.3) is 0 Å². The number of hydrogen-bond acceptors (Lipinski definition) is 2. The van der Waals surface area contributed by atoms with Crippen LogP contribution in [0.2, 0.25) is 0 Å². The molecule has 0 atom stereocenters. The number of ketones is 1. The lowest BCUT2D eigenvalue weighted by Gasteiger charge is -2.38. The molecule has 2 N–H and O–H groups in total. The average Bonchev–Trinajstić information content (AvgIpc) is 2.47. The highest BCUT2D eigenvalue weighted by Gasteiger charge is 2.43. The molecule has 0 aromatic heterocycles. The largest absolute Gasteiger partial charge is 0.319 e. The van der Waals surface area contributed by atoms with E-state index < -0.39 is 5.54 Å². The zero-order chi connectivity index (χ0) is 10.2. The molecule has 2 aliphatic rings. The standard InChI is InChI=1S/C12H21NO/c1-11(5-2-3-6-11)9-10(14)12(13)7-4-8-12/h2-9,13H2,1H3. The van der Waals surface area contributed by atoms with Crippen LogP contribution in [0.5, 0.6) is 0 Å². The Bertz CT molecular complexity index is 237. The van der Waals surface area contributed by atoms with Gasteiger partial charge in [-0.05, 0) is 37.5 Å². The van der Waals surface area contributed by atoms with Gasteiger partial charge >= 0.3 is 0 Å². The van der Waals surface area contributed by atoms with Crippen LogP contribution in [0.15, 0.2) is 0 Å². The summed E-state index contributed by atoms with van der Waals surface area (Å²) in [6.45, 7) is 2.25. The fourth-order valence-corrected chi connectivity index (χ4v) is 2.81. The van der Waals surface area contributed by atoms with Crippen LogP contribution in [-0.2, 0) is 4.79 Å². The van der Waals surface area contributed by atoms with Crippen LogP contribution < -0.4 is 5.73 Å². The summed E-state index contributed by atoms with van der Waals surface area (Å²) >= 11 is 0. The first-order valence-corrected chi connectivity index (χ1v) is 5.86. The molecule has 0 spiro atoms. The summed E-state index contributed by atoms with van der Waals surface area (Å²) < 4.78 is 0. The molecule has 2 rings (SSSR count). The van der Waals surface area contributed by atoms with Crippen molar-refractivity contribution in [2.24, 2.45) is 11.1 Å². The molecule has 14 heavy (non-hydrogen) atoms. The van der Waals surface area contributed by atoms with E-state index in [4.69, 9.17) is 5.73 Å². The zero-order valence-electron chi connectivity index (χ0n) is 9.14. The summed E-state index contributed by atoms with van der Waals surface area (Å²) in [5.41, 5.74) is 5.89. The van der Waals surface area contributed by atoms with Crippen molar-refractivity contribution in [3.63, 3.8) is 0 Å². The van der Waals surface area contributed by atoms with E-state index in [0.29, 0.717) is 5.78 Å². The van der Waals surface area contributed by atoms with Gasteiger partial charge in [-0.3, -0.25) is 4.79 Å². The molecule has 2 saturated carbocycles. The van der Waals surface area contributed by atoms with Crippen molar-refractivity contribution in [1.29, 1.82) is 0 Å². The highest BCUT2D eigenvalue weighted by molar-refractivity contribution is 5.89. The van der Waals surface area contributed by atoms with Crippen molar-refractivity contribution < 1.29 is 4.79 Å². The summed E-state index contributed by atoms with van der Waals surface area (Å²) in [7, 11) is 0. The Balaban J connectivity index is 1.93. The lowest BCUT2D eigenvalue weighted by molar-refractivity contribution is -0.129. The van der Waals surface area contributed by atoms with Crippen molar-refractivity contribution in [3.05, 3.63) is 0 Å². The van der Waals surface area contributed by atoms with Gasteiger partial charge in [-0.1, -0.05) is 19.8 Å². The predicted octanol–water partition coefficient (Wildman–Crippen LogP) is 2.41. The summed E-state index contributed by atoms with van der Waals surface area (Å²) in [4.78, 5) is 12.0. The van der Waals surface area contributed by atoms with Gasteiger partial charge in [0, 0.05) is 6.42 Å². The predicted molar refractivity (Wildman–Crippen MR) is 57.0 cm³/mol. The Labute approximate surface area is 86.2 Å². The van der Waals surface area contributed by atoms with E-state index in [-0.39, 0.29) is 5.41 Å². The number of hydrogen-bond donors (Lipinski definition) is 1. The van der Waals surface area contributed by atoms with E-state index >= 15 is 0 Å². The van der Waals surface area contributed by atoms with Crippen LogP contribution in [0.25, 0.3) is 0 Å². The third-order valence-corrected chi connectivity index (χ3v) is 4.20. The number of Topliss-reactive ketones (excluding diaryl/α,β-unsaturated/α-hetero) is 1. The minimum atomic E-state index is -0.425. The van der Waals surface area contributed by atoms with Gasteiger partial charge < -0.3 is 5.73 Å². The normalized spacial score (nSPS) is 28.4. The summed E-state index contributed by atoms with van der Waals surface area (Å²) in [6.07, 6.45) is 8.72. The molecule has 2 fully saturated rings. The first-order chi connectivity index (χ1) is 6.54. The smallest absolute Gasteiger partial charge is 0.153 e. The van der Waals surface area contributed by atoms with Crippen LogP contribution in [0, 0.1) is 5.41 Å². The van der Waals surface area contributed by atoms with Crippen molar-refractivity contribution in [2.75, 3.05) is 0 Å². The van der Waals surface area contributed by atoms with Gasteiger partial charge in [0.1, 0.15) is 0 Å². The topological polar surface area (TPSA) is 43.1 Å². The molecule has 0 saturated heterocycles. The molecule has 0 aromatic carbocycles. The Morgan fingerprint density at radius 2 is 1.71 bits per heavy atom. The van der Waals surface area contributed by atoms with Gasteiger partial charge in [0.15, 0.2) is 5.78 Å². The Hall–Kier alpha value is -0.370. The minimum Gasteiger partial charge on any atom is -0.319 e. The number of carbonyl (C=O) groups is 1. The molecule has 0 bridgehead atoms. The van der Waals surface area contributed by atoms with E-state index in [1.54, 1.807) is 0 Å². The molecule has 2 nitrogen and oxygen atoms in total. The summed E-state index contributed by atoms with van der Waals surface area (Å²) in [5, 5.41) is 0. The first kappa shape index (κ1) is 10.2.